The predicted molar refractivity (Wildman–Crippen MR) is 69.4 cm³/mol. The van der Waals surface area contributed by atoms with Crippen LogP contribution in [0.3, 0.4) is 0 Å². The molecule has 0 aromatic rings. The molecule has 0 radical (unpaired) electrons. The van der Waals surface area contributed by atoms with E-state index in [4.69, 9.17) is 0 Å². The molecule has 1 aliphatic carbocycles. The highest BCUT2D eigenvalue weighted by Gasteiger charge is 2.31. The Bertz CT molecular complexity index is 332. The predicted octanol–water partition coefficient (Wildman–Crippen LogP) is 1.24. The molecule has 1 saturated heterocycles. The highest BCUT2D eigenvalue weighted by atomic mass is 32.2. The van der Waals surface area contributed by atoms with Gasteiger partial charge < -0.3 is 5.32 Å². The van der Waals surface area contributed by atoms with Crippen LogP contribution in [0.4, 0.5) is 0 Å². The second-order valence-electron chi connectivity index (χ2n) is 5.40. The van der Waals surface area contributed by atoms with Gasteiger partial charge in [-0.25, -0.2) is 13.1 Å². The molecule has 0 spiro atoms. The third-order valence-electron chi connectivity index (χ3n) is 3.86. The van der Waals surface area contributed by atoms with Crippen molar-refractivity contribution in [1.82, 2.24) is 10.0 Å². The Morgan fingerprint density at radius 2 is 1.88 bits per heavy atom. The largest absolute Gasteiger partial charge is 0.317 e. The van der Waals surface area contributed by atoms with E-state index in [9.17, 15) is 8.42 Å². The van der Waals surface area contributed by atoms with Gasteiger partial charge in [0.2, 0.25) is 10.0 Å². The molecule has 0 bridgehead atoms. The van der Waals surface area contributed by atoms with Crippen LogP contribution >= 0.6 is 0 Å². The highest BCUT2D eigenvalue weighted by molar-refractivity contribution is 7.90. The molecule has 100 valence electrons. The van der Waals surface area contributed by atoms with Gasteiger partial charge in [-0.05, 0) is 44.7 Å². The van der Waals surface area contributed by atoms with Gasteiger partial charge in [0.05, 0.1) is 5.25 Å². The summed E-state index contributed by atoms with van der Waals surface area (Å²) in [5.74, 6) is 0.774. The van der Waals surface area contributed by atoms with Crippen molar-refractivity contribution in [2.75, 3.05) is 13.1 Å². The van der Waals surface area contributed by atoms with Crippen molar-refractivity contribution in [1.29, 1.82) is 0 Å². The van der Waals surface area contributed by atoms with E-state index in [1.807, 2.05) is 0 Å². The summed E-state index contributed by atoms with van der Waals surface area (Å²) >= 11 is 0. The lowest BCUT2D eigenvalue weighted by atomic mass is 10.1. The third-order valence-corrected chi connectivity index (χ3v) is 5.87. The first kappa shape index (κ1) is 13.3. The monoisotopic (exact) mass is 260 g/mol. The zero-order valence-electron chi connectivity index (χ0n) is 10.6. The number of hydrogen-bond acceptors (Lipinski definition) is 3. The van der Waals surface area contributed by atoms with E-state index in [2.05, 4.69) is 17.0 Å². The molecule has 2 rings (SSSR count). The fraction of sp³-hybridized carbons (Fsp3) is 1.00. The summed E-state index contributed by atoms with van der Waals surface area (Å²) < 4.78 is 27.4. The molecule has 2 N–H and O–H groups in total. The molecule has 2 aliphatic rings. The van der Waals surface area contributed by atoms with Gasteiger partial charge in [-0.3, -0.25) is 0 Å². The van der Waals surface area contributed by atoms with Crippen LogP contribution in [0.2, 0.25) is 0 Å². The molecule has 0 aromatic carbocycles. The molecular weight excluding hydrogens is 236 g/mol. The van der Waals surface area contributed by atoms with Gasteiger partial charge in [-0.2, -0.15) is 0 Å². The van der Waals surface area contributed by atoms with Gasteiger partial charge in [0.1, 0.15) is 0 Å². The van der Waals surface area contributed by atoms with E-state index in [-0.39, 0.29) is 11.3 Å². The van der Waals surface area contributed by atoms with Crippen LogP contribution in [-0.4, -0.2) is 32.8 Å². The van der Waals surface area contributed by atoms with Gasteiger partial charge in [0, 0.05) is 6.04 Å². The molecule has 1 aliphatic heterocycles. The van der Waals surface area contributed by atoms with Crippen LogP contribution in [-0.2, 0) is 10.0 Å². The molecular formula is C12H24N2O2S. The number of piperidine rings is 1. The molecule has 17 heavy (non-hydrogen) atoms. The Morgan fingerprint density at radius 3 is 2.41 bits per heavy atom. The molecule has 4 nitrogen and oxygen atoms in total. The number of hydrogen-bond donors (Lipinski definition) is 2. The zero-order chi connectivity index (χ0) is 12.3. The summed E-state index contributed by atoms with van der Waals surface area (Å²) in [5.41, 5.74) is 0. The Morgan fingerprint density at radius 1 is 1.24 bits per heavy atom. The average Bonchev–Trinajstić information content (AvgIpc) is 3.13. The van der Waals surface area contributed by atoms with Crippen molar-refractivity contribution in [3.63, 3.8) is 0 Å². The van der Waals surface area contributed by atoms with Crippen LogP contribution in [0.5, 0.6) is 0 Å². The van der Waals surface area contributed by atoms with Crippen molar-refractivity contribution in [2.45, 2.75) is 56.7 Å². The highest BCUT2D eigenvalue weighted by Crippen LogP contribution is 2.34. The van der Waals surface area contributed by atoms with Crippen LogP contribution < -0.4 is 10.0 Å². The second kappa shape index (κ2) is 5.67. The van der Waals surface area contributed by atoms with Crippen molar-refractivity contribution in [2.24, 2.45) is 5.92 Å². The van der Waals surface area contributed by atoms with Crippen molar-refractivity contribution < 1.29 is 8.42 Å². The summed E-state index contributed by atoms with van der Waals surface area (Å²) in [7, 11) is -3.10. The molecule has 1 atom stereocenters. The van der Waals surface area contributed by atoms with Crippen LogP contribution in [0.15, 0.2) is 0 Å². The lowest BCUT2D eigenvalue weighted by Gasteiger charge is -2.25. The maximum absolute atomic E-state index is 12.2. The number of nitrogens with one attached hydrogen (secondary N) is 2. The Balaban J connectivity index is 1.89. The Hall–Kier alpha value is -0.130. The first-order chi connectivity index (χ1) is 8.12. The first-order valence-corrected chi connectivity index (χ1v) is 8.38. The quantitative estimate of drug-likeness (QED) is 0.755. The Labute approximate surface area is 105 Å². The maximum atomic E-state index is 12.2. The van der Waals surface area contributed by atoms with Gasteiger partial charge in [0.15, 0.2) is 0 Å². The summed E-state index contributed by atoms with van der Waals surface area (Å²) in [6, 6.07) is 0.155. The minimum atomic E-state index is -3.10. The molecule has 5 heteroatoms. The lowest BCUT2D eigenvalue weighted by Crippen LogP contribution is -2.45. The topological polar surface area (TPSA) is 58.2 Å². The molecule has 0 aromatic heterocycles. The van der Waals surface area contributed by atoms with Crippen molar-refractivity contribution >= 4 is 10.0 Å². The summed E-state index contributed by atoms with van der Waals surface area (Å²) in [4.78, 5) is 0. The van der Waals surface area contributed by atoms with E-state index >= 15 is 0 Å². The van der Waals surface area contributed by atoms with E-state index in [1.54, 1.807) is 0 Å². The number of sulfonamides is 1. The van der Waals surface area contributed by atoms with Crippen LogP contribution in [0.25, 0.3) is 0 Å². The number of rotatable bonds is 6. The van der Waals surface area contributed by atoms with E-state index in [0.717, 1.165) is 44.7 Å². The average molecular weight is 260 g/mol. The second-order valence-corrected chi connectivity index (χ2v) is 7.39. The third kappa shape index (κ3) is 3.93. The summed E-state index contributed by atoms with van der Waals surface area (Å²) in [6.45, 7) is 3.72. The molecule has 0 amide bonds. The fourth-order valence-corrected chi connectivity index (χ4v) is 4.26. The van der Waals surface area contributed by atoms with Crippen LogP contribution in [0.1, 0.15) is 45.4 Å². The van der Waals surface area contributed by atoms with E-state index in [0.29, 0.717) is 0 Å². The Kier molecular flexibility index (Phi) is 4.44. The van der Waals surface area contributed by atoms with Crippen LogP contribution in [0, 0.1) is 5.92 Å². The standard InChI is InChI=1S/C12H24N2O2S/c1-2-11(9-10-3-4-10)14-17(15,16)12-5-7-13-8-6-12/h10-14H,2-9H2,1H3. The van der Waals surface area contributed by atoms with Gasteiger partial charge >= 0.3 is 0 Å². The molecule has 2 fully saturated rings. The lowest BCUT2D eigenvalue weighted by molar-refractivity contribution is 0.462. The molecule has 1 unspecified atom stereocenters. The summed E-state index contributed by atoms with van der Waals surface area (Å²) in [6.07, 6.45) is 5.99. The van der Waals surface area contributed by atoms with Crippen molar-refractivity contribution in [3.05, 3.63) is 0 Å². The minimum absolute atomic E-state index is 0.155. The zero-order valence-corrected chi connectivity index (χ0v) is 11.4. The first-order valence-electron chi connectivity index (χ1n) is 6.83. The van der Waals surface area contributed by atoms with E-state index in [1.165, 1.54) is 12.8 Å². The fourth-order valence-electron chi connectivity index (χ4n) is 2.49. The normalized spacial score (nSPS) is 24.8. The van der Waals surface area contributed by atoms with Crippen molar-refractivity contribution in [3.8, 4) is 0 Å². The van der Waals surface area contributed by atoms with Gasteiger partial charge in [0.25, 0.3) is 0 Å². The SMILES string of the molecule is CCC(CC1CC1)NS(=O)(=O)C1CCNCC1. The van der Waals surface area contributed by atoms with Gasteiger partial charge in [-0.15, -0.1) is 0 Å². The molecule has 1 saturated carbocycles. The van der Waals surface area contributed by atoms with Gasteiger partial charge in [-0.1, -0.05) is 19.8 Å². The minimum Gasteiger partial charge on any atom is -0.317 e. The van der Waals surface area contributed by atoms with E-state index < -0.39 is 10.0 Å². The smallest absolute Gasteiger partial charge is 0.214 e. The molecule has 1 heterocycles. The summed E-state index contributed by atoms with van der Waals surface area (Å²) in [5, 5.41) is 3.02. The maximum Gasteiger partial charge on any atom is 0.214 e.